The van der Waals surface area contributed by atoms with Gasteiger partial charge in [-0.1, -0.05) is 34.1 Å². The van der Waals surface area contributed by atoms with Gasteiger partial charge in [-0.15, -0.1) is 0 Å². The van der Waals surface area contributed by atoms with Gasteiger partial charge in [0.1, 0.15) is 28.2 Å². The summed E-state index contributed by atoms with van der Waals surface area (Å²) >= 11 is 0. The van der Waals surface area contributed by atoms with Gasteiger partial charge in [0.2, 0.25) is 0 Å². The largest absolute Gasteiger partial charge is 0.488 e. The van der Waals surface area contributed by atoms with Gasteiger partial charge < -0.3 is 19.3 Å². The minimum atomic E-state index is -0.652. The molecular weight excluding hydrogens is 440 g/mol. The molecule has 0 aromatic rings. The second kappa shape index (κ2) is 5.45. The average molecular weight is 483 g/mol. The molecule has 0 aromatic heterocycles. The van der Waals surface area contributed by atoms with E-state index in [1.54, 1.807) is 0 Å². The van der Waals surface area contributed by atoms with Crippen LogP contribution in [0.4, 0.5) is 0 Å². The number of carbonyl (C=O) groups is 1. The van der Waals surface area contributed by atoms with Crippen LogP contribution in [0.2, 0.25) is 0 Å². The van der Waals surface area contributed by atoms with Crippen molar-refractivity contribution in [3.63, 3.8) is 0 Å². The van der Waals surface area contributed by atoms with Crippen LogP contribution < -0.4 is 0 Å². The van der Waals surface area contributed by atoms with Crippen molar-refractivity contribution in [1.29, 1.82) is 0 Å². The van der Waals surface area contributed by atoms with Crippen LogP contribution in [0.3, 0.4) is 0 Å². The zero-order chi connectivity index (χ0) is 24.8. The number of Topliss-reactive ketones (excluding diaryl/α,β-unsaturated/α-hetero) is 1. The van der Waals surface area contributed by atoms with Gasteiger partial charge >= 0.3 is 0 Å². The number of allylic oxidation sites excluding steroid dienone is 1. The average Bonchev–Trinajstić information content (AvgIpc) is 3.09. The summed E-state index contributed by atoms with van der Waals surface area (Å²) in [7, 11) is 0. The molecule has 8 aliphatic rings. The maximum absolute atomic E-state index is 15.0. The Morgan fingerprint density at radius 3 is 2.43 bits per heavy atom. The predicted octanol–water partition coefficient (Wildman–Crippen LogP) is 5.09. The summed E-state index contributed by atoms with van der Waals surface area (Å²) < 4.78 is 21.6. The molecule has 0 radical (unpaired) electrons. The summed E-state index contributed by atoms with van der Waals surface area (Å²) in [6, 6.07) is 0. The standard InChI is InChI=1S/C30H42O5/c1-16(2)20-21(32)26-12-9-17-23(3,4)10-8-11-27(17)15-28(26)29(25(7,34-29)19(31)14-26)13-18-24(5,6)33-22(20)30(18,28)35-27/h16-19,31H,8-15H2,1-7H3/t17-,18+,19+,25+,26-,27-,28+,29+,30-/m0/s1. The van der Waals surface area contributed by atoms with Gasteiger partial charge in [-0.05, 0) is 83.0 Å². The topological polar surface area (TPSA) is 68.3 Å². The highest BCUT2D eigenvalue weighted by Crippen LogP contribution is 2.92. The van der Waals surface area contributed by atoms with E-state index in [9.17, 15) is 9.90 Å². The van der Waals surface area contributed by atoms with E-state index < -0.39 is 39.3 Å². The SMILES string of the molecule is CC(C)C1=C2OC(C)(C)[C@H]3C[C@@]45O[C@]4(C)[C@H](O)C[C@@]4(CC[C@H]6C(C)(C)CCC[C@]67C[C@@]45[C@@]23O7)C1=O. The van der Waals surface area contributed by atoms with Gasteiger partial charge in [0.25, 0.3) is 0 Å². The lowest BCUT2D eigenvalue weighted by atomic mass is 9.40. The lowest BCUT2D eigenvalue weighted by Crippen LogP contribution is -2.71. The Morgan fingerprint density at radius 1 is 0.971 bits per heavy atom. The van der Waals surface area contributed by atoms with Crippen LogP contribution >= 0.6 is 0 Å². The number of epoxide rings is 1. The van der Waals surface area contributed by atoms with Gasteiger partial charge in [-0.3, -0.25) is 4.79 Å². The minimum absolute atomic E-state index is 0.0524. The fourth-order valence-corrected chi connectivity index (χ4v) is 12.2. The lowest BCUT2D eigenvalue weighted by molar-refractivity contribution is -0.215. The van der Waals surface area contributed by atoms with E-state index >= 15 is 0 Å². The number of carbonyl (C=O) groups excluding carboxylic acids is 1. The summed E-state index contributed by atoms with van der Waals surface area (Å²) in [5.41, 5.74) is -2.58. The third-order valence-corrected chi connectivity index (χ3v) is 13.3. The predicted molar refractivity (Wildman–Crippen MR) is 129 cm³/mol. The molecule has 2 bridgehead atoms. The summed E-state index contributed by atoms with van der Waals surface area (Å²) in [4.78, 5) is 15.0. The van der Waals surface area contributed by atoms with E-state index in [4.69, 9.17) is 14.2 Å². The number of aliphatic hydroxyl groups excluding tert-OH is 1. The number of ether oxygens (including phenoxy) is 3. The van der Waals surface area contributed by atoms with E-state index in [0.717, 1.165) is 49.9 Å². The fraction of sp³-hybridized carbons (Fsp3) is 0.900. The number of ketones is 1. The molecule has 3 heterocycles. The molecule has 4 saturated carbocycles. The second-order valence-electron chi connectivity index (χ2n) is 15.4. The highest BCUT2D eigenvalue weighted by molar-refractivity contribution is 6.04. The van der Waals surface area contributed by atoms with E-state index in [-0.39, 0.29) is 28.6 Å². The maximum atomic E-state index is 15.0. The first kappa shape index (κ1) is 22.1. The zero-order valence-corrected chi connectivity index (χ0v) is 22.5. The molecule has 7 fully saturated rings. The summed E-state index contributed by atoms with van der Waals surface area (Å²) in [6.45, 7) is 15.6. The van der Waals surface area contributed by atoms with Crippen molar-refractivity contribution in [2.75, 3.05) is 0 Å². The molecule has 5 aliphatic carbocycles. The van der Waals surface area contributed by atoms with Crippen LogP contribution in [0, 0.1) is 34.0 Å². The maximum Gasteiger partial charge on any atom is 0.169 e. The van der Waals surface area contributed by atoms with E-state index in [1.807, 2.05) is 0 Å². The van der Waals surface area contributed by atoms with Crippen LogP contribution in [-0.4, -0.2) is 45.0 Å². The van der Waals surface area contributed by atoms with Crippen molar-refractivity contribution in [1.82, 2.24) is 0 Å². The van der Waals surface area contributed by atoms with Crippen molar-refractivity contribution in [3.05, 3.63) is 11.3 Å². The van der Waals surface area contributed by atoms with Gasteiger partial charge in [0, 0.05) is 16.9 Å². The molecule has 3 aliphatic heterocycles. The molecule has 0 unspecified atom stereocenters. The Balaban J connectivity index is 1.53. The van der Waals surface area contributed by atoms with Crippen LogP contribution in [-0.2, 0) is 19.0 Å². The molecule has 192 valence electrons. The summed E-state index contributed by atoms with van der Waals surface area (Å²) in [6.07, 6.45) is 6.81. The van der Waals surface area contributed by atoms with Crippen molar-refractivity contribution in [3.8, 4) is 0 Å². The first-order chi connectivity index (χ1) is 16.2. The quantitative estimate of drug-likeness (QED) is 0.527. The molecule has 5 heteroatoms. The Bertz CT molecular complexity index is 1140. The molecule has 5 nitrogen and oxygen atoms in total. The lowest BCUT2D eigenvalue weighted by Gasteiger charge is -2.60. The summed E-state index contributed by atoms with van der Waals surface area (Å²) in [5, 5.41) is 11.7. The molecule has 35 heavy (non-hydrogen) atoms. The number of hydrogen-bond acceptors (Lipinski definition) is 5. The van der Waals surface area contributed by atoms with E-state index in [2.05, 4.69) is 48.5 Å². The van der Waals surface area contributed by atoms with Crippen molar-refractivity contribution in [2.24, 2.45) is 34.0 Å². The first-order valence-electron chi connectivity index (χ1n) is 14.3. The molecule has 0 aromatic carbocycles. The molecule has 9 atom stereocenters. The third kappa shape index (κ3) is 1.78. The third-order valence-electron chi connectivity index (χ3n) is 13.3. The molecule has 1 N–H and O–H groups in total. The Labute approximate surface area is 209 Å². The second-order valence-corrected chi connectivity index (χ2v) is 15.4. The molecule has 4 spiro atoms. The molecule has 8 rings (SSSR count). The Hall–Kier alpha value is -0.910. The Morgan fingerprint density at radius 2 is 1.71 bits per heavy atom. The molecular formula is C30H42O5. The van der Waals surface area contributed by atoms with Crippen LogP contribution in [0.15, 0.2) is 11.3 Å². The molecule has 0 amide bonds. The smallest absolute Gasteiger partial charge is 0.169 e. The monoisotopic (exact) mass is 482 g/mol. The fourth-order valence-electron chi connectivity index (χ4n) is 12.2. The first-order valence-corrected chi connectivity index (χ1v) is 14.3. The van der Waals surface area contributed by atoms with Crippen molar-refractivity contribution >= 4 is 5.78 Å². The van der Waals surface area contributed by atoms with Gasteiger partial charge in [-0.2, -0.15) is 0 Å². The number of rotatable bonds is 1. The summed E-state index contributed by atoms with van der Waals surface area (Å²) in [5.74, 6) is 1.66. The van der Waals surface area contributed by atoms with E-state index in [0.29, 0.717) is 12.3 Å². The van der Waals surface area contributed by atoms with Crippen molar-refractivity contribution in [2.45, 2.75) is 134 Å². The van der Waals surface area contributed by atoms with Gasteiger partial charge in [0.05, 0.1) is 17.1 Å². The Kier molecular flexibility index (Phi) is 3.44. The van der Waals surface area contributed by atoms with Crippen LogP contribution in [0.5, 0.6) is 0 Å². The van der Waals surface area contributed by atoms with Gasteiger partial charge in [-0.25, -0.2) is 0 Å². The van der Waals surface area contributed by atoms with Crippen molar-refractivity contribution < 1.29 is 24.1 Å². The van der Waals surface area contributed by atoms with Crippen LogP contribution in [0.1, 0.15) is 99.8 Å². The zero-order valence-electron chi connectivity index (χ0n) is 22.5. The normalized spacial score (nSPS) is 59.6. The molecule has 3 saturated heterocycles. The number of hydrogen-bond donors (Lipinski definition) is 1. The highest BCUT2D eigenvalue weighted by Gasteiger charge is 3.02. The van der Waals surface area contributed by atoms with Gasteiger partial charge in [0.15, 0.2) is 5.78 Å². The van der Waals surface area contributed by atoms with Crippen LogP contribution in [0.25, 0.3) is 0 Å². The van der Waals surface area contributed by atoms with E-state index in [1.165, 1.54) is 6.42 Å². The minimum Gasteiger partial charge on any atom is -0.488 e. The number of aliphatic hydroxyl groups is 1. The highest BCUT2D eigenvalue weighted by atomic mass is 16.7.